The molecule has 0 spiro atoms. The maximum atomic E-state index is 13.4. The van der Waals surface area contributed by atoms with Crippen molar-refractivity contribution in [1.29, 1.82) is 0 Å². The second-order valence-electron chi connectivity index (χ2n) is 8.05. The van der Waals surface area contributed by atoms with E-state index < -0.39 is 0 Å². The fraction of sp³-hybridized carbons (Fsp3) is 0.192. The molecule has 166 valence electrons. The Morgan fingerprint density at radius 2 is 2.00 bits per heavy atom. The number of benzene rings is 2. The van der Waals surface area contributed by atoms with Gasteiger partial charge in [0.15, 0.2) is 0 Å². The van der Waals surface area contributed by atoms with Crippen molar-refractivity contribution < 1.29 is 13.9 Å². The van der Waals surface area contributed by atoms with E-state index in [-0.39, 0.29) is 17.8 Å². The van der Waals surface area contributed by atoms with E-state index in [1.54, 1.807) is 18.3 Å². The summed E-state index contributed by atoms with van der Waals surface area (Å²) in [5.41, 5.74) is 2.73. The molecule has 1 aliphatic heterocycles. The lowest BCUT2D eigenvalue weighted by atomic mass is 10.1. The van der Waals surface area contributed by atoms with Crippen molar-refractivity contribution in [3.05, 3.63) is 85.5 Å². The van der Waals surface area contributed by atoms with E-state index >= 15 is 0 Å². The van der Waals surface area contributed by atoms with Crippen molar-refractivity contribution in [3.8, 4) is 22.8 Å². The van der Waals surface area contributed by atoms with E-state index in [1.165, 1.54) is 18.2 Å². The molecule has 0 bridgehead atoms. The Morgan fingerprint density at radius 1 is 1.15 bits per heavy atom. The molecule has 1 fully saturated rings. The van der Waals surface area contributed by atoms with Gasteiger partial charge in [0.2, 0.25) is 5.91 Å². The first-order valence-electron chi connectivity index (χ1n) is 10.9. The Morgan fingerprint density at radius 3 is 2.79 bits per heavy atom. The van der Waals surface area contributed by atoms with Gasteiger partial charge in [0.25, 0.3) is 0 Å². The van der Waals surface area contributed by atoms with Crippen molar-refractivity contribution >= 4 is 16.8 Å². The van der Waals surface area contributed by atoms with Crippen LogP contribution in [-0.2, 0) is 4.79 Å². The van der Waals surface area contributed by atoms with Gasteiger partial charge >= 0.3 is 0 Å². The Balaban J connectivity index is 1.45. The zero-order chi connectivity index (χ0) is 22.8. The van der Waals surface area contributed by atoms with Crippen molar-refractivity contribution in [3.63, 3.8) is 0 Å². The quantitative estimate of drug-likeness (QED) is 0.390. The predicted octanol–water partition coefficient (Wildman–Crippen LogP) is 5.38. The number of aromatic nitrogens is 3. The lowest BCUT2D eigenvalue weighted by molar-refractivity contribution is -0.127. The van der Waals surface area contributed by atoms with Gasteiger partial charge in [-0.2, -0.15) is 5.10 Å². The van der Waals surface area contributed by atoms with Crippen LogP contribution < -0.4 is 4.74 Å². The maximum Gasteiger partial charge on any atom is 0.246 e. The summed E-state index contributed by atoms with van der Waals surface area (Å²) in [5.74, 6) is 0.659. The first-order chi connectivity index (χ1) is 16.1. The summed E-state index contributed by atoms with van der Waals surface area (Å²) >= 11 is 0. The number of likely N-dealkylation sites (tertiary alicyclic amines) is 1. The minimum atomic E-state index is -0.343. The Kier molecular flexibility index (Phi) is 5.60. The summed E-state index contributed by atoms with van der Waals surface area (Å²) in [7, 11) is 0. The van der Waals surface area contributed by atoms with Crippen LogP contribution in [0, 0.1) is 5.82 Å². The van der Waals surface area contributed by atoms with Gasteiger partial charge in [0.1, 0.15) is 23.0 Å². The lowest BCUT2D eigenvalue weighted by Gasteiger charge is -2.32. The second kappa shape index (κ2) is 8.86. The molecule has 1 atom stereocenters. The Hall–Kier alpha value is -4.00. The molecule has 1 saturated heterocycles. The van der Waals surface area contributed by atoms with E-state index in [0.717, 1.165) is 41.5 Å². The zero-order valence-electron chi connectivity index (χ0n) is 18.0. The number of hydrogen-bond donors (Lipinski definition) is 0. The van der Waals surface area contributed by atoms with Gasteiger partial charge in [-0.25, -0.2) is 4.39 Å². The van der Waals surface area contributed by atoms with Gasteiger partial charge in [-0.3, -0.25) is 14.5 Å². The topological polar surface area (TPSA) is 60.2 Å². The third-order valence-corrected chi connectivity index (χ3v) is 5.90. The third-order valence-electron chi connectivity index (χ3n) is 5.90. The standard InChI is InChI=1S/C26H23FN4O2/c1-2-25(32)30-14-4-6-20(17-30)31-24-12-13-28-16-23(24)26(29-31)18-8-10-21(11-9-18)33-22-7-3-5-19(27)15-22/h2-3,5,7-13,15-16,20H,1,4,6,14,17H2/t20-/m1/s1. The third kappa shape index (κ3) is 4.22. The van der Waals surface area contributed by atoms with E-state index in [0.29, 0.717) is 18.0 Å². The highest BCUT2D eigenvalue weighted by Gasteiger charge is 2.26. The highest BCUT2D eigenvalue weighted by atomic mass is 19.1. The number of nitrogens with zero attached hydrogens (tertiary/aromatic N) is 4. The van der Waals surface area contributed by atoms with E-state index in [4.69, 9.17) is 9.84 Å². The average Bonchev–Trinajstić information content (AvgIpc) is 3.24. The second-order valence-corrected chi connectivity index (χ2v) is 8.05. The van der Waals surface area contributed by atoms with Crippen LogP contribution in [0.15, 0.2) is 79.6 Å². The molecule has 1 aliphatic rings. The molecule has 0 radical (unpaired) electrons. The van der Waals surface area contributed by atoms with Crippen molar-refractivity contribution in [1.82, 2.24) is 19.7 Å². The lowest BCUT2D eigenvalue weighted by Crippen LogP contribution is -2.40. The number of amides is 1. The molecular formula is C26H23FN4O2. The minimum Gasteiger partial charge on any atom is -0.457 e. The number of rotatable bonds is 5. The van der Waals surface area contributed by atoms with Crippen LogP contribution in [0.5, 0.6) is 11.5 Å². The molecule has 0 unspecified atom stereocenters. The molecule has 0 N–H and O–H groups in total. The van der Waals surface area contributed by atoms with Crippen LogP contribution in [0.25, 0.3) is 22.2 Å². The number of pyridine rings is 1. The smallest absolute Gasteiger partial charge is 0.246 e. The molecule has 3 heterocycles. The van der Waals surface area contributed by atoms with Gasteiger partial charge in [-0.05, 0) is 61.4 Å². The van der Waals surface area contributed by atoms with Crippen LogP contribution >= 0.6 is 0 Å². The van der Waals surface area contributed by atoms with Crippen LogP contribution in [0.3, 0.4) is 0 Å². The number of halogens is 1. The molecular weight excluding hydrogens is 419 g/mol. The summed E-state index contributed by atoms with van der Waals surface area (Å²) in [6.07, 6.45) is 6.81. The number of hydrogen-bond acceptors (Lipinski definition) is 4. The molecule has 2 aromatic carbocycles. The van der Waals surface area contributed by atoms with Gasteiger partial charge in [-0.15, -0.1) is 0 Å². The molecule has 0 aliphatic carbocycles. The van der Waals surface area contributed by atoms with E-state index in [1.807, 2.05) is 46.1 Å². The van der Waals surface area contributed by atoms with Crippen LogP contribution in [0.2, 0.25) is 0 Å². The molecule has 7 heteroatoms. The molecule has 6 nitrogen and oxygen atoms in total. The molecule has 5 rings (SSSR count). The summed E-state index contributed by atoms with van der Waals surface area (Å²) in [4.78, 5) is 18.3. The highest BCUT2D eigenvalue weighted by Crippen LogP contribution is 2.33. The predicted molar refractivity (Wildman–Crippen MR) is 124 cm³/mol. The van der Waals surface area contributed by atoms with Crippen LogP contribution in [0.4, 0.5) is 4.39 Å². The van der Waals surface area contributed by atoms with Crippen LogP contribution in [-0.4, -0.2) is 38.7 Å². The summed E-state index contributed by atoms with van der Waals surface area (Å²) in [5, 5.41) is 5.90. The first kappa shape index (κ1) is 20.9. The summed E-state index contributed by atoms with van der Waals surface area (Å²) < 4.78 is 21.2. The van der Waals surface area contributed by atoms with E-state index in [2.05, 4.69) is 11.6 Å². The number of fused-ring (bicyclic) bond motifs is 1. The normalized spacial score (nSPS) is 16.0. The fourth-order valence-corrected chi connectivity index (χ4v) is 4.31. The number of carbonyl (C=O) groups is 1. The number of piperidine rings is 1. The summed E-state index contributed by atoms with van der Waals surface area (Å²) in [6.45, 7) is 4.95. The number of carbonyl (C=O) groups excluding carboxylic acids is 1. The number of ether oxygens (including phenoxy) is 1. The maximum absolute atomic E-state index is 13.4. The van der Waals surface area contributed by atoms with Crippen molar-refractivity contribution in [2.45, 2.75) is 18.9 Å². The zero-order valence-corrected chi connectivity index (χ0v) is 18.0. The van der Waals surface area contributed by atoms with Crippen molar-refractivity contribution in [2.24, 2.45) is 0 Å². The van der Waals surface area contributed by atoms with Gasteiger partial charge in [0.05, 0.1) is 11.6 Å². The van der Waals surface area contributed by atoms with Crippen molar-refractivity contribution in [2.75, 3.05) is 13.1 Å². The first-order valence-corrected chi connectivity index (χ1v) is 10.9. The van der Waals surface area contributed by atoms with Gasteiger partial charge in [0, 0.05) is 42.5 Å². The van der Waals surface area contributed by atoms with Crippen LogP contribution in [0.1, 0.15) is 18.9 Å². The largest absolute Gasteiger partial charge is 0.457 e. The minimum absolute atomic E-state index is 0.0491. The molecule has 1 amide bonds. The molecule has 4 aromatic rings. The fourth-order valence-electron chi connectivity index (χ4n) is 4.31. The average molecular weight is 442 g/mol. The molecule has 2 aromatic heterocycles. The monoisotopic (exact) mass is 442 g/mol. The summed E-state index contributed by atoms with van der Waals surface area (Å²) in [6, 6.07) is 15.6. The van der Waals surface area contributed by atoms with Gasteiger partial charge in [-0.1, -0.05) is 12.6 Å². The SMILES string of the molecule is C=CC(=O)N1CCC[C@@H](n2nc(-c3ccc(Oc4cccc(F)c4)cc3)c3cnccc32)C1. The van der Waals surface area contributed by atoms with E-state index in [9.17, 15) is 9.18 Å². The van der Waals surface area contributed by atoms with Gasteiger partial charge < -0.3 is 9.64 Å². The Labute approximate surface area is 190 Å². The highest BCUT2D eigenvalue weighted by molar-refractivity contribution is 5.93. The molecule has 33 heavy (non-hydrogen) atoms. The molecule has 0 saturated carbocycles. The Bertz CT molecular complexity index is 1320.